The van der Waals surface area contributed by atoms with E-state index in [2.05, 4.69) is 0 Å². The summed E-state index contributed by atoms with van der Waals surface area (Å²) in [5.41, 5.74) is 5.64. The number of nitrogens with two attached hydrogens (primary N) is 1. The molecule has 0 aliphatic carbocycles. The molecule has 82 valence electrons. The number of amides is 1. The van der Waals surface area contributed by atoms with Gasteiger partial charge in [0.15, 0.2) is 0 Å². The first kappa shape index (κ1) is 11.4. The Morgan fingerprint density at radius 3 is 2.43 bits per heavy atom. The summed E-state index contributed by atoms with van der Waals surface area (Å²) >= 11 is 0. The van der Waals surface area contributed by atoms with E-state index in [1.54, 1.807) is 0 Å². The summed E-state index contributed by atoms with van der Waals surface area (Å²) < 4.78 is 0. The third-order valence-corrected chi connectivity index (χ3v) is 2.49. The number of β-amino-alcohol motifs (C(OH)–C–C–N with tert-alkyl or cyclic N) is 2. The second-order valence-corrected chi connectivity index (χ2v) is 3.77. The fourth-order valence-corrected chi connectivity index (χ4v) is 1.62. The van der Waals surface area contributed by atoms with Gasteiger partial charge in [-0.25, -0.2) is 0 Å². The lowest BCUT2D eigenvalue weighted by molar-refractivity contribution is -0.132. The highest BCUT2D eigenvalue weighted by Gasteiger charge is 2.34. The van der Waals surface area contributed by atoms with Crippen molar-refractivity contribution < 1.29 is 15.0 Å². The summed E-state index contributed by atoms with van der Waals surface area (Å²) in [5.74, 6) is -0.178. The molecule has 0 unspecified atom stereocenters. The van der Waals surface area contributed by atoms with Gasteiger partial charge >= 0.3 is 0 Å². The predicted octanol–water partition coefficient (Wildman–Crippen LogP) is -1.32. The van der Waals surface area contributed by atoms with E-state index in [-0.39, 0.29) is 19.0 Å². The van der Waals surface area contributed by atoms with Gasteiger partial charge in [0.1, 0.15) is 0 Å². The van der Waals surface area contributed by atoms with Gasteiger partial charge in [-0.15, -0.1) is 0 Å². The highest BCUT2D eigenvalue weighted by molar-refractivity contribution is 5.82. The molecule has 0 aromatic heterocycles. The van der Waals surface area contributed by atoms with E-state index in [9.17, 15) is 15.0 Å². The monoisotopic (exact) mass is 202 g/mol. The number of nitrogens with zero attached hydrogens (tertiary/aromatic N) is 1. The smallest absolute Gasteiger partial charge is 0.239 e. The molecular weight excluding hydrogens is 184 g/mol. The van der Waals surface area contributed by atoms with Crippen LogP contribution in [0.2, 0.25) is 0 Å². The van der Waals surface area contributed by atoms with Crippen molar-refractivity contribution >= 4 is 5.91 Å². The molecule has 4 N–H and O–H groups in total. The number of likely N-dealkylation sites (tertiary alicyclic amines) is 1. The Morgan fingerprint density at radius 2 is 2.00 bits per heavy atom. The van der Waals surface area contributed by atoms with E-state index in [4.69, 9.17) is 5.73 Å². The van der Waals surface area contributed by atoms with Crippen molar-refractivity contribution in [2.24, 2.45) is 5.73 Å². The van der Waals surface area contributed by atoms with Gasteiger partial charge in [0.05, 0.1) is 18.2 Å². The van der Waals surface area contributed by atoms with Crippen LogP contribution in [0.4, 0.5) is 0 Å². The minimum Gasteiger partial charge on any atom is -0.388 e. The van der Waals surface area contributed by atoms with Crippen LogP contribution in [-0.4, -0.2) is 52.4 Å². The second-order valence-electron chi connectivity index (χ2n) is 3.77. The zero-order valence-corrected chi connectivity index (χ0v) is 8.39. The van der Waals surface area contributed by atoms with Crippen LogP contribution in [0.1, 0.15) is 19.8 Å². The fourth-order valence-electron chi connectivity index (χ4n) is 1.62. The predicted molar refractivity (Wildman–Crippen MR) is 51.5 cm³/mol. The van der Waals surface area contributed by atoms with E-state index in [0.29, 0.717) is 6.42 Å². The largest absolute Gasteiger partial charge is 0.388 e. The first-order valence-corrected chi connectivity index (χ1v) is 4.96. The van der Waals surface area contributed by atoms with Crippen LogP contribution in [0.25, 0.3) is 0 Å². The fraction of sp³-hybridized carbons (Fsp3) is 0.889. The molecule has 1 aliphatic heterocycles. The molecule has 1 fully saturated rings. The highest BCUT2D eigenvalue weighted by atomic mass is 16.3. The first-order valence-electron chi connectivity index (χ1n) is 4.96. The molecular formula is C9H18N2O3. The normalized spacial score (nSPS) is 29.3. The van der Waals surface area contributed by atoms with Crippen LogP contribution in [0.3, 0.4) is 0 Å². The molecule has 0 aromatic rings. The maximum absolute atomic E-state index is 11.6. The maximum Gasteiger partial charge on any atom is 0.239 e. The Morgan fingerprint density at radius 1 is 1.50 bits per heavy atom. The number of hydrogen-bond acceptors (Lipinski definition) is 4. The molecule has 3 atom stereocenters. The average Bonchev–Trinajstić information content (AvgIpc) is 2.46. The molecule has 0 radical (unpaired) electrons. The van der Waals surface area contributed by atoms with Crippen molar-refractivity contribution in [3.8, 4) is 0 Å². The summed E-state index contributed by atoms with van der Waals surface area (Å²) in [6, 6.07) is -0.502. The zero-order chi connectivity index (χ0) is 10.7. The third kappa shape index (κ3) is 2.43. The molecule has 14 heavy (non-hydrogen) atoms. The Labute approximate surface area is 83.5 Å². The van der Waals surface area contributed by atoms with Crippen LogP contribution >= 0.6 is 0 Å². The van der Waals surface area contributed by atoms with Crippen LogP contribution in [0.5, 0.6) is 0 Å². The Balaban J connectivity index is 2.46. The van der Waals surface area contributed by atoms with Gasteiger partial charge in [-0.1, -0.05) is 13.3 Å². The number of aliphatic hydroxyl groups excluding tert-OH is 2. The average molecular weight is 202 g/mol. The minimum atomic E-state index is -0.826. The van der Waals surface area contributed by atoms with E-state index in [1.807, 2.05) is 6.92 Å². The standard InChI is InChI=1S/C9H18N2O3/c1-2-3-6(10)9(14)11-4-7(12)8(13)5-11/h6-8,12-13H,2-5,10H2,1H3/t6-,7-,8+/m1/s1. The SMILES string of the molecule is CCC[C@@H](N)C(=O)N1C[C@@H](O)[C@@H](O)C1. The second kappa shape index (κ2) is 4.72. The molecule has 0 bridgehead atoms. The minimum absolute atomic E-state index is 0.178. The highest BCUT2D eigenvalue weighted by Crippen LogP contribution is 2.11. The number of carbonyl (C=O) groups is 1. The van der Waals surface area contributed by atoms with E-state index >= 15 is 0 Å². The van der Waals surface area contributed by atoms with Crippen LogP contribution in [0.15, 0.2) is 0 Å². The van der Waals surface area contributed by atoms with Gasteiger partial charge in [-0.3, -0.25) is 4.79 Å². The molecule has 1 rings (SSSR count). The van der Waals surface area contributed by atoms with Crippen LogP contribution < -0.4 is 5.73 Å². The Hall–Kier alpha value is -0.650. The summed E-state index contributed by atoms with van der Waals surface area (Å²) in [4.78, 5) is 13.0. The molecule has 0 aromatic carbocycles. The van der Waals surface area contributed by atoms with Gasteiger partial charge in [0.25, 0.3) is 0 Å². The summed E-state index contributed by atoms with van der Waals surface area (Å²) in [5, 5.41) is 18.5. The summed E-state index contributed by atoms with van der Waals surface area (Å²) in [7, 11) is 0. The number of carbonyl (C=O) groups excluding carboxylic acids is 1. The zero-order valence-electron chi connectivity index (χ0n) is 8.39. The number of hydrogen-bond donors (Lipinski definition) is 3. The van der Waals surface area contributed by atoms with Crippen molar-refractivity contribution in [3.05, 3.63) is 0 Å². The van der Waals surface area contributed by atoms with Crippen molar-refractivity contribution in [2.45, 2.75) is 38.0 Å². The van der Waals surface area contributed by atoms with Gasteiger partial charge in [-0.05, 0) is 6.42 Å². The molecule has 1 heterocycles. The molecule has 5 heteroatoms. The first-order chi connectivity index (χ1) is 6.56. The Kier molecular flexibility index (Phi) is 3.86. The van der Waals surface area contributed by atoms with E-state index < -0.39 is 18.2 Å². The maximum atomic E-state index is 11.6. The van der Waals surface area contributed by atoms with Crippen molar-refractivity contribution in [3.63, 3.8) is 0 Å². The van der Waals surface area contributed by atoms with Crippen molar-refractivity contribution in [1.82, 2.24) is 4.90 Å². The van der Waals surface area contributed by atoms with Crippen molar-refractivity contribution in [1.29, 1.82) is 0 Å². The number of aliphatic hydroxyl groups is 2. The topological polar surface area (TPSA) is 86.8 Å². The molecule has 1 aliphatic rings. The summed E-state index contributed by atoms with van der Waals surface area (Å²) in [6.07, 6.45) is -0.159. The lowest BCUT2D eigenvalue weighted by Gasteiger charge is -2.19. The summed E-state index contributed by atoms with van der Waals surface area (Å²) in [6.45, 7) is 2.34. The molecule has 0 spiro atoms. The van der Waals surface area contributed by atoms with Gasteiger partial charge < -0.3 is 20.8 Å². The lowest BCUT2D eigenvalue weighted by Crippen LogP contribution is -2.43. The van der Waals surface area contributed by atoms with Crippen LogP contribution in [0, 0.1) is 0 Å². The Bertz CT molecular complexity index is 200. The number of rotatable bonds is 3. The molecule has 1 amide bonds. The lowest BCUT2D eigenvalue weighted by atomic mass is 10.1. The molecule has 0 saturated carbocycles. The molecule has 1 saturated heterocycles. The van der Waals surface area contributed by atoms with E-state index in [0.717, 1.165) is 6.42 Å². The molecule has 5 nitrogen and oxygen atoms in total. The quantitative estimate of drug-likeness (QED) is 0.529. The van der Waals surface area contributed by atoms with Crippen molar-refractivity contribution in [2.75, 3.05) is 13.1 Å². The van der Waals surface area contributed by atoms with Gasteiger partial charge in [-0.2, -0.15) is 0 Å². The van der Waals surface area contributed by atoms with Crippen LogP contribution in [-0.2, 0) is 4.79 Å². The van der Waals surface area contributed by atoms with Gasteiger partial charge in [0, 0.05) is 13.1 Å². The van der Waals surface area contributed by atoms with Gasteiger partial charge in [0.2, 0.25) is 5.91 Å². The third-order valence-electron chi connectivity index (χ3n) is 2.49. The van der Waals surface area contributed by atoms with E-state index in [1.165, 1.54) is 4.90 Å².